The minimum Gasteiger partial charge on any atom is -0.289 e. The van der Waals surface area contributed by atoms with Gasteiger partial charge in [-0.2, -0.15) is 5.10 Å². The predicted octanol–water partition coefficient (Wildman–Crippen LogP) is 4.27. The maximum absolute atomic E-state index is 12.7. The van der Waals surface area contributed by atoms with Gasteiger partial charge in [0.1, 0.15) is 5.39 Å². The van der Waals surface area contributed by atoms with Gasteiger partial charge in [-0.1, -0.05) is 47.6 Å². The molecule has 0 aliphatic rings. The SMILES string of the molecule is CCn1c(SC)nc2c(cnn2Cc2ccc(C(=O)c3ccc(Cl)cc3)cc2)c1=O. The first kappa shape index (κ1) is 20.4. The summed E-state index contributed by atoms with van der Waals surface area (Å²) in [6.45, 7) is 2.94. The van der Waals surface area contributed by atoms with Crippen molar-refractivity contribution >= 4 is 40.2 Å². The molecule has 0 spiro atoms. The first-order valence-electron chi connectivity index (χ1n) is 9.41. The first-order chi connectivity index (χ1) is 14.5. The maximum atomic E-state index is 12.7. The van der Waals surface area contributed by atoms with E-state index in [1.54, 1.807) is 51.8 Å². The van der Waals surface area contributed by atoms with Crippen molar-refractivity contribution < 1.29 is 4.79 Å². The number of hydrogen-bond acceptors (Lipinski definition) is 5. The van der Waals surface area contributed by atoms with Crippen LogP contribution in [0.4, 0.5) is 0 Å². The lowest BCUT2D eigenvalue weighted by Crippen LogP contribution is -2.22. The highest BCUT2D eigenvalue weighted by atomic mass is 35.5. The third kappa shape index (κ3) is 3.78. The molecule has 0 saturated heterocycles. The van der Waals surface area contributed by atoms with Crippen molar-refractivity contribution in [3.05, 3.63) is 86.8 Å². The molecule has 0 bridgehead atoms. The van der Waals surface area contributed by atoms with E-state index in [0.29, 0.717) is 45.4 Å². The second-order valence-corrected chi connectivity index (χ2v) is 7.93. The van der Waals surface area contributed by atoms with E-state index in [4.69, 9.17) is 11.6 Å². The van der Waals surface area contributed by atoms with Crippen molar-refractivity contribution in [2.24, 2.45) is 0 Å². The average Bonchev–Trinajstić information content (AvgIpc) is 3.17. The number of ketones is 1. The number of thioether (sulfide) groups is 1. The molecule has 0 radical (unpaired) electrons. The number of carbonyl (C=O) groups is 1. The summed E-state index contributed by atoms with van der Waals surface area (Å²) in [6.07, 6.45) is 3.47. The normalized spacial score (nSPS) is 11.2. The lowest BCUT2D eigenvalue weighted by molar-refractivity contribution is 0.103. The van der Waals surface area contributed by atoms with Crippen LogP contribution in [-0.4, -0.2) is 31.4 Å². The number of nitrogens with zero attached hydrogens (tertiary/aromatic N) is 4. The molecule has 2 aromatic carbocycles. The molecule has 4 rings (SSSR count). The summed E-state index contributed by atoms with van der Waals surface area (Å²) >= 11 is 7.33. The maximum Gasteiger partial charge on any atom is 0.265 e. The van der Waals surface area contributed by atoms with Gasteiger partial charge in [0.05, 0.1) is 12.7 Å². The van der Waals surface area contributed by atoms with Crippen LogP contribution in [0.5, 0.6) is 0 Å². The van der Waals surface area contributed by atoms with Crippen molar-refractivity contribution in [3.63, 3.8) is 0 Å². The summed E-state index contributed by atoms with van der Waals surface area (Å²) in [6, 6.07) is 14.2. The molecule has 0 aliphatic heterocycles. The zero-order valence-electron chi connectivity index (χ0n) is 16.5. The standard InChI is InChI=1S/C22H19ClN4O2S/c1-3-26-21(29)18-12-24-27(20(18)25-22(26)30-2)13-14-4-6-15(7-5-14)19(28)16-8-10-17(23)11-9-16/h4-12H,3,13H2,1-2H3. The lowest BCUT2D eigenvalue weighted by atomic mass is 10.0. The highest BCUT2D eigenvalue weighted by Gasteiger charge is 2.14. The quantitative estimate of drug-likeness (QED) is 0.255. The third-order valence-electron chi connectivity index (χ3n) is 4.87. The number of rotatable bonds is 6. The molecule has 0 amide bonds. The molecule has 0 unspecified atom stereocenters. The molecule has 0 saturated carbocycles. The number of hydrogen-bond donors (Lipinski definition) is 0. The molecular weight excluding hydrogens is 420 g/mol. The summed E-state index contributed by atoms with van der Waals surface area (Å²) in [4.78, 5) is 29.9. The van der Waals surface area contributed by atoms with Crippen LogP contribution in [-0.2, 0) is 13.1 Å². The summed E-state index contributed by atoms with van der Waals surface area (Å²) < 4.78 is 3.36. The molecule has 30 heavy (non-hydrogen) atoms. The van der Waals surface area contributed by atoms with Crippen molar-refractivity contribution in [3.8, 4) is 0 Å². The van der Waals surface area contributed by atoms with E-state index in [0.717, 1.165) is 5.56 Å². The van der Waals surface area contributed by atoms with Gasteiger partial charge in [-0.25, -0.2) is 9.67 Å². The van der Waals surface area contributed by atoms with E-state index in [9.17, 15) is 9.59 Å². The van der Waals surface area contributed by atoms with Crippen LogP contribution in [0.3, 0.4) is 0 Å². The Kier molecular flexibility index (Phi) is 5.74. The first-order valence-corrected chi connectivity index (χ1v) is 11.0. The van der Waals surface area contributed by atoms with Crippen molar-refractivity contribution in [2.45, 2.75) is 25.2 Å². The summed E-state index contributed by atoms with van der Waals surface area (Å²) in [5.41, 5.74) is 2.63. The van der Waals surface area contributed by atoms with Crippen molar-refractivity contribution in [1.29, 1.82) is 0 Å². The molecule has 0 fully saturated rings. The van der Waals surface area contributed by atoms with Crippen LogP contribution in [0.15, 0.2) is 64.7 Å². The topological polar surface area (TPSA) is 69.8 Å². The van der Waals surface area contributed by atoms with E-state index >= 15 is 0 Å². The van der Waals surface area contributed by atoms with Gasteiger partial charge in [0.25, 0.3) is 5.56 Å². The van der Waals surface area contributed by atoms with Gasteiger partial charge in [-0.05, 0) is 43.0 Å². The molecule has 6 nitrogen and oxygen atoms in total. The minimum absolute atomic E-state index is 0.0610. The Morgan fingerprint density at radius 1 is 1.07 bits per heavy atom. The Morgan fingerprint density at radius 3 is 2.30 bits per heavy atom. The van der Waals surface area contributed by atoms with Gasteiger partial charge in [0.15, 0.2) is 16.6 Å². The fourth-order valence-corrected chi connectivity index (χ4v) is 4.02. The Hall–Kier alpha value is -2.90. The van der Waals surface area contributed by atoms with Gasteiger partial charge in [0, 0.05) is 22.7 Å². The fraction of sp³-hybridized carbons (Fsp3) is 0.182. The molecule has 152 valence electrons. The van der Waals surface area contributed by atoms with E-state index in [1.165, 1.54) is 11.8 Å². The highest BCUT2D eigenvalue weighted by Crippen LogP contribution is 2.18. The van der Waals surface area contributed by atoms with Crippen LogP contribution in [0, 0.1) is 0 Å². The molecule has 0 aliphatic carbocycles. The molecule has 0 N–H and O–H groups in total. The van der Waals surface area contributed by atoms with Crippen molar-refractivity contribution in [2.75, 3.05) is 6.26 Å². The Bertz CT molecular complexity index is 1280. The van der Waals surface area contributed by atoms with Crippen LogP contribution in [0.25, 0.3) is 11.0 Å². The van der Waals surface area contributed by atoms with Gasteiger partial charge >= 0.3 is 0 Å². The molecule has 0 atom stereocenters. The van der Waals surface area contributed by atoms with E-state index in [-0.39, 0.29) is 11.3 Å². The third-order valence-corrected chi connectivity index (χ3v) is 5.80. The van der Waals surface area contributed by atoms with Crippen LogP contribution < -0.4 is 5.56 Å². The fourth-order valence-electron chi connectivity index (χ4n) is 3.28. The molecule has 8 heteroatoms. The van der Waals surface area contributed by atoms with Crippen molar-refractivity contribution in [1.82, 2.24) is 19.3 Å². The van der Waals surface area contributed by atoms with E-state index < -0.39 is 0 Å². The van der Waals surface area contributed by atoms with Crippen LogP contribution >= 0.6 is 23.4 Å². The van der Waals surface area contributed by atoms with Crippen LogP contribution in [0.2, 0.25) is 5.02 Å². The number of benzene rings is 2. The summed E-state index contributed by atoms with van der Waals surface area (Å²) in [5, 5.41) is 6.13. The molecule has 2 heterocycles. The van der Waals surface area contributed by atoms with Gasteiger partial charge < -0.3 is 0 Å². The second-order valence-electron chi connectivity index (χ2n) is 6.72. The number of carbonyl (C=O) groups excluding carboxylic acids is 1. The zero-order valence-corrected chi connectivity index (χ0v) is 18.1. The lowest BCUT2D eigenvalue weighted by Gasteiger charge is -2.09. The molecular formula is C22H19ClN4O2S. The zero-order chi connectivity index (χ0) is 21.3. The van der Waals surface area contributed by atoms with Gasteiger partial charge in [-0.3, -0.25) is 14.2 Å². The summed E-state index contributed by atoms with van der Waals surface area (Å²) in [7, 11) is 0. The minimum atomic E-state index is -0.0815. The molecule has 4 aromatic rings. The highest BCUT2D eigenvalue weighted by molar-refractivity contribution is 7.98. The Labute approximate surface area is 182 Å². The van der Waals surface area contributed by atoms with Crippen LogP contribution in [0.1, 0.15) is 28.4 Å². The molecule has 2 aromatic heterocycles. The van der Waals surface area contributed by atoms with E-state index in [2.05, 4.69) is 10.1 Å². The Morgan fingerprint density at radius 2 is 1.70 bits per heavy atom. The largest absolute Gasteiger partial charge is 0.289 e. The van der Waals surface area contributed by atoms with E-state index in [1.807, 2.05) is 25.3 Å². The number of halogens is 1. The Balaban J connectivity index is 1.61. The second kappa shape index (κ2) is 8.45. The number of aromatic nitrogens is 4. The smallest absolute Gasteiger partial charge is 0.265 e. The van der Waals surface area contributed by atoms with Gasteiger partial charge in [-0.15, -0.1) is 0 Å². The predicted molar refractivity (Wildman–Crippen MR) is 120 cm³/mol. The number of fused-ring (bicyclic) bond motifs is 1. The summed E-state index contributed by atoms with van der Waals surface area (Å²) in [5.74, 6) is -0.0610. The average molecular weight is 439 g/mol. The monoisotopic (exact) mass is 438 g/mol. The van der Waals surface area contributed by atoms with Gasteiger partial charge in [0.2, 0.25) is 0 Å².